The van der Waals surface area contributed by atoms with Gasteiger partial charge in [0.15, 0.2) is 5.65 Å². The maximum atomic E-state index is 12.7. The number of hydrogen-bond acceptors (Lipinski definition) is 6. The maximum Gasteiger partial charge on any atom is 0.223 e. The van der Waals surface area contributed by atoms with Gasteiger partial charge in [0.05, 0.1) is 23.2 Å². The number of halogens is 1. The average Bonchev–Trinajstić information content (AvgIpc) is 3.19. The number of nitrogens with zero attached hydrogens (tertiary/aromatic N) is 5. The zero-order valence-corrected chi connectivity index (χ0v) is 21.5. The lowest BCUT2D eigenvalue weighted by Gasteiger charge is -2.29. The third kappa shape index (κ3) is 5.21. The van der Waals surface area contributed by atoms with Crippen LogP contribution in [0.15, 0.2) is 47.3 Å². The number of carbonyl (C=O) groups is 1. The first-order chi connectivity index (χ1) is 17.0. The van der Waals surface area contributed by atoms with Crippen molar-refractivity contribution < 1.29 is 9.53 Å². The van der Waals surface area contributed by atoms with E-state index >= 15 is 0 Å². The van der Waals surface area contributed by atoms with Crippen LogP contribution in [-0.4, -0.2) is 50.4 Å². The third-order valence-corrected chi connectivity index (χ3v) is 7.28. The van der Waals surface area contributed by atoms with E-state index < -0.39 is 0 Å². The molecule has 4 aromatic rings. The molecule has 0 spiro atoms. The molecule has 0 saturated heterocycles. The number of ether oxygens (including phenoxy) is 1. The first kappa shape index (κ1) is 23.8. The molecule has 1 saturated carbocycles. The van der Waals surface area contributed by atoms with Crippen LogP contribution in [0.1, 0.15) is 38.4 Å². The molecule has 9 heteroatoms. The highest BCUT2D eigenvalue weighted by atomic mass is 79.9. The summed E-state index contributed by atoms with van der Waals surface area (Å²) in [5.41, 5.74) is 2.63. The number of benzene rings is 1. The minimum Gasteiger partial charge on any atom is -0.383 e. The van der Waals surface area contributed by atoms with Crippen molar-refractivity contribution in [1.82, 2.24) is 30.0 Å². The van der Waals surface area contributed by atoms with E-state index in [4.69, 9.17) is 9.72 Å². The summed E-state index contributed by atoms with van der Waals surface area (Å²) in [5.74, 6) is 1.32. The number of amides is 1. The van der Waals surface area contributed by atoms with Crippen LogP contribution in [0.5, 0.6) is 0 Å². The minimum atomic E-state index is 0.0169. The second-order valence-corrected chi connectivity index (χ2v) is 10.2. The van der Waals surface area contributed by atoms with Crippen molar-refractivity contribution in [2.75, 3.05) is 13.7 Å². The maximum absolute atomic E-state index is 12.7. The van der Waals surface area contributed by atoms with Gasteiger partial charge in [0.2, 0.25) is 5.91 Å². The molecular formula is C26H29BrN6O2. The second-order valence-electron chi connectivity index (χ2n) is 9.41. The van der Waals surface area contributed by atoms with Gasteiger partial charge in [-0.3, -0.25) is 9.78 Å². The molecule has 1 aliphatic rings. The zero-order valence-electron chi connectivity index (χ0n) is 19.9. The Bertz CT molecular complexity index is 1360. The fourth-order valence-electron chi connectivity index (χ4n) is 5.00. The molecule has 35 heavy (non-hydrogen) atoms. The standard InChI is InChI=1S/C26H29BrN6O2/c1-16(15-35-2)30-26(34)19-6-3-5-17(11-19)12-23-29-14-21-24(27)32-33(25(21)31-23)20-8-9-22-18(13-20)7-4-10-28-22/h4,7-10,13-14,16-17,19H,3,5-6,11-12,15H2,1-2H3,(H,30,34)/t16-,17-,19-/m1/s1. The number of rotatable bonds is 7. The van der Waals surface area contributed by atoms with Crippen LogP contribution in [0, 0.1) is 11.8 Å². The molecule has 5 rings (SSSR count). The van der Waals surface area contributed by atoms with Crippen molar-refractivity contribution in [3.63, 3.8) is 0 Å². The summed E-state index contributed by atoms with van der Waals surface area (Å²) in [5, 5.41) is 9.68. The summed E-state index contributed by atoms with van der Waals surface area (Å²) in [7, 11) is 1.65. The Balaban J connectivity index is 1.36. The molecule has 0 unspecified atom stereocenters. The van der Waals surface area contributed by atoms with E-state index in [0.717, 1.165) is 65.6 Å². The second kappa shape index (κ2) is 10.4. The topological polar surface area (TPSA) is 94.8 Å². The first-order valence-electron chi connectivity index (χ1n) is 12.1. The van der Waals surface area contributed by atoms with E-state index in [2.05, 4.69) is 42.4 Å². The Labute approximate surface area is 212 Å². The molecule has 1 aliphatic carbocycles. The van der Waals surface area contributed by atoms with E-state index in [-0.39, 0.29) is 17.9 Å². The highest BCUT2D eigenvalue weighted by Crippen LogP contribution is 2.32. The van der Waals surface area contributed by atoms with E-state index in [1.165, 1.54) is 0 Å². The van der Waals surface area contributed by atoms with Gasteiger partial charge in [-0.2, -0.15) is 5.10 Å². The molecule has 3 aromatic heterocycles. The van der Waals surface area contributed by atoms with Gasteiger partial charge >= 0.3 is 0 Å². The Morgan fingerprint density at radius 3 is 3.03 bits per heavy atom. The molecule has 0 bridgehead atoms. The van der Waals surface area contributed by atoms with Gasteiger partial charge in [0.25, 0.3) is 0 Å². The summed E-state index contributed by atoms with van der Waals surface area (Å²) < 4.78 is 7.71. The van der Waals surface area contributed by atoms with Crippen LogP contribution < -0.4 is 5.32 Å². The van der Waals surface area contributed by atoms with Gasteiger partial charge < -0.3 is 10.1 Å². The molecule has 0 aliphatic heterocycles. The van der Waals surface area contributed by atoms with Crippen LogP contribution in [0.25, 0.3) is 27.6 Å². The highest BCUT2D eigenvalue weighted by molar-refractivity contribution is 9.10. The molecule has 1 amide bonds. The highest BCUT2D eigenvalue weighted by Gasteiger charge is 2.28. The average molecular weight is 537 g/mol. The van der Waals surface area contributed by atoms with Crippen molar-refractivity contribution in [3.8, 4) is 5.69 Å². The molecule has 1 fully saturated rings. The van der Waals surface area contributed by atoms with E-state index in [1.807, 2.05) is 42.1 Å². The largest absolute Gasteiger partial charge is 0.383 e. The number of hydrogen-bond donors (Lipinski definition) is 1. The van der Waals surface area contributed by atoms with Crippen molar-refractivity contribution in [2.24, 2.45) is 11.8 Å². The molecule has 182 valence electrons. The van der Waals surface area contributed by atoms with Crippen molar-refractivity contribution >= 4 is 43.8 Å². The first-order valence-corrected chi connectivity index (χ1v) is 12.9. The predicted octanol–water partition coefficient (Wildman–Crippen LogP) is 4.63. The number of pyridine rings is 1. The Morgan fingerprint density at radius 1 is 1.29 bits per heavy atom. The third-order valence-electron chi connectivity index (χ3n) is 6.69. The lowest BCUT2D eigenvalue weighted by Crippen LogP contribution is -2.41. The smallest absolute Gasteiger partial charge is 0.223 e. The molecular weight excluding hydrogens is 508 g/mol. The SMILES string of the molecule is COC[C@@H](C)NC(=O)[C@@H]1CCC[C@@H](Cc2ncc3c(Br)nn(-c4ccc5ncccc5c4)c3n2)C1. The lowest BCUT2D eigenvalue weighted by atomic mass is 9.79. The monoisotopic (exact) mass is 536 g/mol. The molecule has 0 radical (unpaired) electrons. The lowest BCUT2D eigenvalue weighted by molar-refractivity contribution is -0.127. The van der Waals surface area contributed by atoms with Gasteiger partial charge in [0.1, 0.15) is 10.4 Å². The Kier molecular flexibility index (Phi) is 7.06. The summed E-state index contributed by atoms with van der Waals surface area (Å²) in [4.78, 5) is 26.7. The van der Waals surface area contributed by atoms with Gasteiger partial charge in [0, 0.05) is 43.3 Å². The van der Waals surface area contributed by atoms with Gasteiger partial charge in [-0.25, -0.2) is 14.6 Å². The summed E-state index contributed by atoms with van der Waals surface area (Å²) in [6, 6.07) is 10.1. The van der Waals surface area contributed by atoms with E-state index in [0.29, 0.717) is 17.1 Å². The van der Waals surface area contributed by atoms with Crippen LogP contribution in [-0.2, 0) is 16.0 Å². The minimum absolute atomic E-state index is 0.0169. The van der Waals surface area contributed by atoms with E-state index in [9.17, 15) is 4.79 Å². The zero-order chi connectivity index (χ0) is 24.4. The number of methoxy groups -OCH3 is 1. The normalized spacial score (nSPS) is 19.2. The van der Waals surface area contributed by atoms with Crippen molar-refractivity contribution in [1.29, 1.82) is 0 Å². The summed E-state index contributed by atoms with van der Waals surface area (Å²) >= 11 is 3.56. The Morgan fingerprint density at radius 2 is 2.17 bits per heavy atom. The van der Waals surface area contributed by atoms with Gasteiger partial charge in [-0.15, -0.1) is 0 Å². The van der Waals surface area contributed by atoms with Crippen molar-refractivity contribution in [3.05, 3.63) is 53.2 Å². The van der Waals surface area contributed by atoms with Gasteiger partial charge in [-0.05, 0) is 72.3 Å². The molecule has 8 nitrogen and oxygen atoms in total. The number of carbonyl (C=O) groups excluding carboxylic acids is 1. The van der Waals surface area contributed by atoms with Gasteiger partial charge in [-0.1, -0.05) is 12.5 Å². The predicted molar refractivity (Wildman–Crippen MR) is 138 cm³/mol. The quantitative estimate of drug-likeness (QED) is 0.370. The number of nitrogens with one attached hydrogen (secondary N) is 1. The van der Waals surface area contributed by atoms with Crippen LogP contribution in [0.3, 0.4) is 0 Å². The Hall–Kier alpha value is -2.91. The fourth-order valence-corrected chi connectivity index (χ4v) is 5.44. The van der Waals surface area contributed by atoms with Crippen LogP contribution in [0.2, 0.25) is 0 Å². The number of aromatic nitrogens is 5. The van der Waals surface area contributed by atoms with Crippen LogP contribution >= 0.6 is 15.9 Å². The molecule has 3 atom stereocenters. The fraction of sp³-hybridized carbons (Fsp3) is 0.423. The molecule has 3 heterocycles. The van der Waals surface area contributed by atoms with E-state index in [1.54, 1.807) is 13.3 Å². The molecule has 1 aromatic carbocycles. The molecule has 1 N–H and O–H groups in total. The number of fused-ring (bicyclic) bond motifs is 2. The van der Waals surface area contributed by atoms with Crippen molar-refractivity contribution in [2.45, 2.75) is 45.1 Å². The van der Waals surface area contributed by atoms with Crippen LogP contribution in [0.4, 0.5) is 0 Å². The summed E-state index contributed by atoms with van der Waals surface area (Å²) in [6.07, 6.45) is 8.29. The summed E-state index contributed by atoms with van der Waals surface area (Å²) in [6.45, 7) is 2.49.